The quantitative estimate of drug-likeness (QED) is 0.640. The molecule has 7 nitrogen and oxygen atoms in total. The average Bonchev–Trinajstić information content (AvgIpc) is 3.37. The minimum atomic E-state index is -3.72. The molecule has 3 aromatic rings. The number of rotatable bonds is 4. The summed E-state index contributed by atoms with van der Waals surface area (Å²) >= 11 is 0. The van der Waals surface area contributed by atoms with Crippen LogP contribution in [0.1, 0.15) is 17.9 Å². The highest BCUT2D eigenvalue weighted by Crippen LogP contribution is 2.39. The van der Waals surface area contributed by atoms with Crippen LogP contribution in [0.25, 0.3) is 0 Å². The fourth-order valence-electron chi connectivity index (χ4n) is 4.27. The van der Waals surface area contributed by atoms with Crippen LogP contribution in [-0.4, -0.2) is 47.8 Å². The van der Waals surface area contributed by atoms with E-state index in [9.17, 15) is 8.42 Å². The highest BCUT2D eigenvalue weighted by Gasteiger charge is 2.47. The summed E-state index contributed by atoms with van der Waals surface area (Å²) in [6.07, 6.45) is 4.08. The molecule has 8 heteroatoms. The Hall–Kier alpha value is -2.68. The van der Waals surface area contributed by atoms with Crippen molar-refractivity contribution in [2.24, 2.45) is 0 Å². The van der Waals surface area contributed by atoms with Gasteiger partial charge in [-0.1, -0.05) is 18.2 Å². The maximum atomic E-state index is 13.5. The standard InChI is InChI=1S/C22H23N3O4S/c26-30(27)21-9-2-1-8-20(21)29-22(17-25(30)14-18-6-3-4-11-23-18)10-12-24(16-22)15-19-7-5-13-28-19/h1-9,11,13H,10,12,14-17H2/t22-/m0/s1. The Morgan fingerprint density at radius 1 is 1.00 bits per heavy atom. The van der Waals surface area contributed by atoms with E-state index in [0.717, 1.165) is 18.7 Å². The number of nitrogens with zero attached hydrogens (tertiary/aromatic N) is 3. The van der Waals surface area contributed by atoms with Crippen LogP contribution in [0.5, 0.6) is 5.75 Å². The Morgan fingerprint density at radius 3 is 2.67 bits per heavy atom. The largest absolute Gasteiger partial charge is 0.483 e. The topological polar surface area (TPSA) is 75.9 Å². The number of hydrogen-bond donors (Lipinski definition) is 0. The second-order valence-corrected chi connectivity index (χ2v) is 9.77. The fourth-order valence-corrected chi connectivity index (χ4v) is 5.87. The molecule has 0 amide bonds. The van der Waals surface area contributed by atoms with Gasteiger partial charge in [0.1, 0.15) is 22.0 Å². The molecule has 2 aromatic heterocycles. The van der Waals surface area contributed by atoms with Crippen LogP contribution in [0.2, 0.25) is 0 Å². The van der Waals surface area contributed by atoms with E-state index < -0.39 is 15.6 Å². The molecule has 2 aliphatic heterocycles. The first-order valence-corrected chi connectivity index (χ1v) is 11.4. The smallest absolute Gasteiger partial charge is 0.247 e. The van der Waals surface area contributed by atoms with E-state index in [4.69, 9.17) is 9.15 Å². The lowest BCUT2D eigenvalue weighted by Crippen LogP contribution is -2.49. The second-order valence-electron chi connectivity index (χ2n) is 7.87. The molecule has 0 saturated carbocycles. The molecule has 1 spiro atoms. The Labute approximate surface area is 175 Å². The van der Waals surface area contributed by atoms with Gasteiger partial charge >= 0.3 is 0 Å². The van der Waals surface area contributed by atoms with Crippen molar-refractivity contribution in [1.29, 1.82) is 0 Å². The van der Waals surface area contributed by atoms with E-state index in [2.05, 4.69) is 9.88 Å². The van der Waals surface area contributed by atoms with Gasteiger partial charge in [0.15, 0.2) is 0 Å². The Bertz CT molecular complexity index is 1120. The van der Waals surface area contributed by atoms with Gasteiger partial charge in [-0.2, -0.15) is 4.31 Å². The summed E-state index contributed by atoms with van der Waals surface area (Å²) in [5.41, 5.74) is 0.0853. The van der Waals surface area contributed by atoms with Crippen LogP contribution in [0.4, 0.5) is 0 Å². The number of hydrogen-bond acceptors (Lipinski definition) is 6. The summed E-state index contributed by atoms with van der Waals surface area (Å²) in [4.78, 5) is 6.79. The van der Waals surface area contributed by atoms with Gasteiger partial charge in [0.2, 0.25) is 10.0 Å². The zero-order chi connectivity index (χ0) is 20.6. The van der Waals surface area contributed by atoms with Crippen LogP contribution in [0.3, 0.4) is 0 Å². The Balaban J connectivity index is 1.49. The minimum Gasteiger partial charge on any atom is -0.483 e. The first-order chi connectivity index (χ1) is 14.5. The van der Waals surface area contributed by atoms with Crippen LogP contribution in [0.15, 0.2) is 76.4 Å². The zero-order valence-corrected chi connectivity index (χ0v) is 17.3. The number of furan rings is 1. The molecule has 30 heavy (non-hydrogen) atoms. The normalized spacial score (nSPS) is 23.7. The highest BCUT2D eigenvalue weighted by molar-refractivity contribution is 7.89. The number of likely N-dealkylation sites (tertiary alicyclic amines) is 1. The predicted octanol–water partition coefficient (Wildman–Crippen LogP) is 2.90. The summed E-state index contributed by atoms with van der Waals surface area (Å²) in [5, 5.41) is 0. The molecule has 5 rings (SSSR count). The van der Waals surface area contributed by atoms with E-state index >= 15 is 0 Å². The summed E-state index contributed by atoms with van der Waals surface area (Å²) in [6.45, 7) is 2.58. The lowest BCUT2D eigenvalue weighted by Gasteiger charge is -2.32. The number of benzene rings is 1. The number of pyridine rings is 1. The van der Waals surface area contributed by atoms with Crippen LogP contribution < -0.4 is 4.74 Å². The Kier molecular flexibility index (Phi) is 4.85. The van der Waals surface area contributed by atoms with Gasteiger partial charge in [-0.3, -0.25) is 9.88 Å². The van der Waals surface area contributed by atoms with Crippen molar-refractivity contribution in [2.75, 3.05) is 19.6 Å². The van der Waals surface area contributed by atoms with Crippen molar-refractivity contribution in [2.45, 2.75) is 30.0 Å². The van der Waals surface area contributed by atoms with Crippen LogP contribution in [0, 0.1) is 0 Å². The van der Waals surface area contributed by atoms with E-state index in [0.29, 0.717) is 24.5 Å². The predicted molar refractivity (Wildman–Crippen MR) is 110 cm³/mol. The monoisotopic (exact) mass is 425 g/mol. The van der Waals surface area contributed by atoms with Crippen molar-refractivity contribution < 1.29 is 17.6 Å². The Morgan fingerprint density at radius 2 is 1.87 bits per heavy atom. The van der Waals surface area contributed by atoms with Gasteiger partial charge in [-0.05, 0) is 36.4 Å². The van der Waals surface area contributed by atoms with Crippen molar-refractivity contribution in [3.05, 3.63) is 78.5 Å². The number of sulfonamides is 1. The minimum absolute atomic E-state index is 0.209. The zero-order valence-electron chi connectivity index (χ0n) is 16.5. The third-order valence-electron chi connectivity index (χ3n) is 5.68. The number of aromatic nitrogens is 1. The van der Waals surface area contributed by atoms with E-state index in [1.165, 1.54) is 4.31 Å². The highest BCUT2D eigenvalue weighted by atomic mass is 32.2. The number of para-hydroxylation sites is 1. The van der Waals surface area contributed by atoms with Gasteiger partial charge in [0, 0.05) is 25.7 Å². The molecule has 156 valence electrons. The van der Waals surface area contributed by atoms with Crippen LogP contribution >= 0.6 is 0 Å². The molecule has 0 N–H and O–H groups in total. The molecule has 0 bridgehead atoms. The molecule has 1 fully saturated rings. The first-order valence-electron chi connectivity index (χ1n) is 9.97. The molecule has 4 heterocycles. The van der Waals surface area contributed by atoms with Gasteiger partial charge in [-0.15, -0.1) is 0 Å². The average molecular weight is 426 g/mol. The third kappa shape index (κ3) is 3.62. The summed E-state index contributed by atoms with van der Waals surface area (Å²) < 4.78 is 40.4. The van der Waals surface area contributed by atoms with Crippen molar-refractivity contribution in [3.63, 3.8) is 0 Å². The van der Waals surface area contributed by atoms with Gasteiger partial charge in [-0.25, -0.2) is 8.42 Å². The third-order valence-corrected chi connectivity index (χ3v) is 7.51. The second kappa shape index (κ2) is 7.54. The summed E-state index contributed by atoms with van der Waals surface area (Å²) in [7, 11) is -3.72. The van der Waals surface area contributed by atoms with Crippen LogP contribution in [-0.2, 0) is 23.1 Å². The maximum absolute atomic E-state index is 13.5. The van der Waals surface area contributed by atoms with Crippen molar-refractivity contribution in [3.8, 4) is 5.75 Å². The molecule has 0 radical (unpaired) electrons. The van der Waals surface area contributed by atoms with E-state index in [-0.39, 0.29) is 18.0 Å². The first kappa shape index (κ1) is 19.3. The molecule has 0 unspecified atom stereocenters. The van der Waals surface area contributed by atoms with Gasteiger partial charge in [0.25, 0.3) is 0 Å². The fraction of sp³-hybridized carbons (Fsp3) is 0.318. The van der Waals surface area contributed by atoms with Crippen molar-refractivity contribution >= 4 is 10.0 Å². The lowest BCUT2D eigenvalue weighted by molar-refractivity contribution is 0.0561. The summed E-state index contributed by atoms with van der Waals surface area (Å²) in [5.74, 6) is 1.31. The molecule has 1 aromatic carbocycles. The van der Waals surface area contributed by atoms with E-state index in [1.54, 1.807) is 30.7 Å². The summed E-state index contributed by atoms with van der Waals surface area (Å²) in [6, 6.07) is 16.3. The molecular weight excluding hydrogens is 402 g/mol. The number of fused-ring (bicyclic) bond motifs is 1. The maximum Gasteiger partial charge on any atom is 0.247 e. The molecule has 1 atom stereocenters. The SMILES string of the molecule is O=S1(=O)c2ccccc2O[C@]2(CCN(Cc3ccco3)C2)CN1Cc1ccccn1. The molecule has 2 aliphatic rings. The molecule has 1 saturated heterocycles. The molecule has 0 aliphatic carbocycles. The van der Waals surface area contributed by atoms with Gasteiger partial charge < -0.3 is 9.15 Å². The lowest BCUT2D eigenvalue weighted by atomic mass is 10.0. The van der Waals surface area contributed by atoms with E-state index in [1.807, 2.05) is 36.4 Å². The molecular formula is C22H23N3O4S. The number of ether oxygens (including phenoxy) is 1. The van der Waals surface area contributed by atoms with Crippen molar-refractivity contribution in [1.82, 2.24) is 14.2 Å². The van der Waals surface area contributed by atoms with Gasteiger partial charge in [0.05, 0.1) is 31.6 Å².